The minimum absolute atomic E-state index is 0.0743. The Hall–Kier alpha value is -2.62. The number of halogens is 1. The summed E-state index contributed by atoms with van der Waals surface area (Å²) in [5.74, 6) is -1.02. The predicted octanol–water partition coefficient (Wildman–Crippen LogP) is 3.26. The lowest BCUT2D eigenvalue weighted by molar-refractivity contribution is 0.0468. The number of aromatic nitrogens is 1. The SMILES string of the molecule is Cc1ccc(C(=O)OCc2csc(-c3ccc(F)cc3)n2)cc1S(N)(=O)=O. The fourth-order valence-corrected chi connectivity index (χ4v) is 3.97. The molecule has 0 atom stereocenters. The topological polar surface area (TPSA) is 99.3 Å². The van der Waals surface area contributed by atoms with Crippen molar-refractivity contribution in [3.63, 3.8) is 0 Å². The highest BCUT2D eigenvalue weighted by molar-refractivity contribution is 7.89. The van der Waals surface area contributed by atoms with E-state index in [1.54, 1.807) is 24.4 Å². The second kappa shape index (κ2) is 7.55. The third-order valence-electron chi connectivity index (χ3n) is 3.72. The van der Waals surface area contributed by atoms with Crippen LogP contribution in [0.25, 0.3) is 10.6 Å². The predicted molar refractivity (Wildman–Crippen MR) is 99.2 cm³/mol. The lowest BCUT2D eigenvalue weighted by Gasteiger charge is -2.07. The normalized spacial score (nSPS) is 11.4. The van der Waals surface area contributed by atoms with Crippen molar-refractivity contribution >= 4 is 27.3 Å². The average molecular weight is 406 g/mol. The van der Waals surface area contributed by atoms with Crippen molar-refractivity contribution in [3.8, 4) is 10.6 Å². The Morgan fingerprint density at radius 1 is 1.22 bits per heavy atom. The second-order valence-electron chi connectivity index (χ2n) is 5.75. The second-order valence-corrected chi connectivity index (χ2v) is 8.14. The fourth-order valence-electron chi connectivity index (χ4n) is 2.35. The summed E-state index contributed by atoms with van der Waals surface area (Å²) in [5, 5.41) is 7.55. The largest absolute Gasteiger partial charge is 0.456 e. The number of carbonyl (C=O) groups is 1. The molecule has 2 aromatic carbocycles. The van der Waals surface area contributed by atoms with Crippen LogP contribution in [0.3, 0.4) is 0 Å². The zero-order valence-electron chi connectivity index (χ0n) is 14.2. The molecular weight excluding hydrogens is 391 g/mol. The van der Waals surface area contributed by atoms with Crippen LogP contribution < -0.4 is 5.14 Å². The first-order valence-corrected chi connectivity index (χ1v) is 10.2. The summed E-state index contributed by atoms with van der Waals surface area (Å²) in [5.41, 5.74) is 1.82. The smallest absolute Gasteiger partial charge is 0.338 e. The third kappa shape index (κ3) is 4.57. The van der Waals surface area contributed by atoms with Gasteiger partial charge in [0, 0.05) is 10.9 Å². The van der Waals surface area contributed by atoms with Crippen molar-refractivity contribution in [2.24, 2.45) is 5.14 Å². The van der Waals surface area contributed by atoms with Crippen LogP contribution in [-0.4, -0.2) is 19.4 Å². The van der Waals surface area contributed by atoms with Crippen LogP contribution in [0.15, 0.2) is 52.7 Å². The first-order chi connectivity index (χ1) is 12.7. The van der Waals surface area contributed by atoms with E-state index in [4.69, 9.17) is 9.88 Å². The van der Waals surface area contributed by atoms with E-state index in [9.17, 15) is 17.6 Å². The van der Waals surface area contributed by atoms with Crippen LogP contribution in [0, 0.1) is 12.7 Å². The molecule has 0 saturated heterocycles. The Balaban J connectivity index is 1.71. The number of aryl methyl sites for hydroxylation is 1. The van der Waals surface area contributed by atoms with Gasteiger partial charge in [-0.2, -0.15) is 0 Å². The Bertz CT molecular complexity index is 1090. The molecule has 3 aromatic rings. The summed E-state index contributed by atoms with van der Waals surface area (Å²) >= 11 is 1.34. The lowest BCUT2D eigenvalue weighted by Crippen LogP contribution is -2.15. The van der Waals surface area contributed by atoms with Gasteiger partial charge in [0.25, 0.3) is 0 Å². The van der Waals surface area contributed by atoms with Crippen LogP contribution >= 0.6 is 11.3 Å². The van der Waals surface area contributed by atoms with Gasteiger partial charge in [-0.1, -0.05) is 6.07 Å². The molecule has 0 bridgehead atoms. The highest BCUT2D eigenvalue weighted by Gasteiger charge is 2.16. The summed E-state index contributed by atoms with van der Waals surface area (Å²) in [7, 11) is -3.93. The number of ether oxygens (including phenoxy) is 1. The molecule has 0 saturated carbocycles. The highest BCUT2D eigenvalue weighted by Crippen LogP contribution is 2.24. The molecule has 0 unspecified atom stereocenters. The zero-order valence-corrected chi connectivity index (χ0v) is 15.8. The van der Waals surface area contributed by atoms with Crippen molar-refractivity contribution in [3.05, 3.63) is 70.5 Å². The van der Waals surface area contributed by atoms with Gasteiger partial charge in [0.2, 0.25) is 10.0 Å². The Labute approximate surface area is 159 Å². The molecule has 0 aliphatic carbocycles. The van der Waals surface area contributed by atoms with Gasteiger partial charge in [0.05, 0.1) is 16.2 Å². The van der Waals surface area contributed by atoms with E-state index in [0.717, 1.165) is 5.56 Å². The monoisotopic (exact) mass is 406 g/mol. The molecule has 0 amide bonds. The van der Waals surface area contributed by atoms with Crippen molar-refractivity contribution in [1.82, 2.24) is 4.98 Å². The molecule has 1 aromatic heterocycles. The maximum absolute atomic E-state index is 13.0. The summed E-state index contributed by atoms with van der Waals surface area (Å²) in [4.78, 5) is 16.4. The lowest BCUT2D eigenvalue weighted by atomic mass is 10.1. The summed E-state index contributed by atoms with van der Waals surface area (Å²) in [6, 6.07) is 10.1. The Morgan fingerprint density at radius 3 is 2.59 bits per heavy atom. The number of hydrogen-bond donors (Lipinski definition) is 1. The molecule has 0 aliphatic heterocycles. The van der Waals surface area contributed by atoms with Gasteiger partial charge in [-0.3, -0.25) is 0 Å². The van der Waals surface area contributed by atoms with Crippen LogP contribution in [0.2, 0.25) is 0 Å². The number of carbonyl (C=O) groups excluding carboxylic acids is 1. The molecule has 9 heteroatoms. The number of hydrogen-bond acceptors (Lipinski definition) is 6. The maximum atomic E-state index is 13.0. The van der Waals surface area contributed by atoms with Crippen LogP contribution in [0.1, 0.15) is 21.6 Å². The van der Waals surface area contributed by atoms with Gasteiger partial charge in [-0.05, 0) is 48.9 Å². The molecule has 2 N–H and O–H groups in total. The number of sulfonamides is 1. The van der Waals surface area contributed by atoms with Crippen molar-refractivity contribution in [1.29, 1.82) is 0 Å². The van der Waals surface area contributed by atoms with Gasteiger partial charge in [-0.25, -0.2) is 27.7 Å². The first kappa shape index (κ1) is 19.2. The molecule has 0 fully saturated rings. The number of rotatable bonds is 5. The number of nitrogens with two attached hydrogens (primary N) is 1. The minimum atomic E-state index is -3.93. The third-order valence-corrected chi connectivity index (χ3v) is 5.72. The van der Waals surface area contributed by atoms with E-state index in [2.05, 4.69) is 4.98 Å². The van der Waals surface area contributed by atoms with Crippen LogP contribution in [0.4, 0.5) is 4.39 Å². The minimum Gasteiger partial charge on any atom is -0.456 e. The first-order valence-electron chi connectivity index (χ1n) is 7.75. The number of primary sulfonamides is 1. The molecule has 140 valence electrons. The molecule has 0 radical (unpaired) electrons. The Kier molecular flexibility index (Phi) is 5.36. The van der Waals surface area contributed by atoms with E-state index in [1.807, 2.05) is 0 Å². The number of benzene rings is 2. The fraction of sp³-hybridized carbons (Fsp3) is 0.111. The summed E-state index contributed by atoms with van der Waals surface area (Å²) in [6.07, 6.45) is 0. The van der Waals surface area contributed by atoms with Crippen LogP contribution in [-0.2, 0) is 21.4 Å². The number of esters is 1. The van der Waals surface area contributed by atoms with Gasteiger partial charge < -0.3 is 4.74 Å². The van der Waals surface area contributed by atoms with Crippen molar-refractivity contribution < 1.29 is 22.3 Å². The highest BCUT2D eigenvalue weighted by atomic mass is 32.2. The number of nitrogens with zero attached hydrogens (tertiary/aromatic N) is 1. The Morgan fingerprint density at radius 2 is 1.93 bits per heavy atom. The van der Waals surface area contributed by atoms with E-state index >= 15 is 0 Å². The maximum Gasteiger partial charge on any atom is 0.338 e. The van der Waals surface area contributed by atoms with Gasteiger partial charge in [0.15, 0.2) is 0 Å². The van der Waals surface area contributed by atoms with Crippen LogP contribution in [0.5, 0.6) is 0 Å². The molecule has 0 spiro atoms. The van der Waals surface area contributed by atoms with Crippen molar-refractivity contribution in [2.75, 3.05) is 0 Å². The standard InChI is InChI=1S/C18H15FN2O4S2/c1-11-2-3-13(8-16(11)27(20,23)24)18(22)25-9-15-10-26-17(21-15)12-4-6-14(19)7-5-12/h2-8,10H,9H2,1H3,(H2,20,23,24). The summed E-state index contributed by atoms with van der Waals surface area (Å²) < 4.78 is 41.3. The quantitative estimate of drug-likeness (QED) is 0.656. The van der Waals surface area contributed by atoms with Gasteiger partial charge in [-0.15, -0.1) is 11.3 Å². The molecule has 6 nitrogen and oxygen atoms in total. The molecular formula is C18H15FN2O4S2. The van der Waals surface area contributed by atoms with E-state index < -0.39 is 16.0 Å². The summed E-state index contributed by atoms with van der Waals surface area (Å²) in [6.45, 7) is 1.51. The van der Waals surface area contributed by atoms with E-state index in [-0.39, 0.29) is 22.9 Å². The average Bonchev–Trinajstić information content (AvgIpc) is 3.08. The molecule has 1 heterocycles. The van der Waals surface area contributed by atoms with Gasteiger partial charge >= 0.3 is 5.97 Å². The molecule has 27 heavy (non-hydrogen) atoms. The van der Waals surface area contributed by atoms with E-state index in [0.29, 0.717) is 16.3 Å². The van der Waals surface area contributed by atoms with E-state index in [1.165, 1.54) is 41.7 Å². The van der Waals surface area contributed by atoms with Crippen molar-refractivity contribution in [2.45, 2.75) is 18.4 Å². The van der Waals surface area contributed by atoms with Gasteiger partial charge in [0.1, 0.15) is 17.4 Å². The zero-order chi connectivity index (χ0) is 19.6. The number of thiazole rings is 1. The molecule has 0 aliphatic rings. The molecule has 3 rings (SSSR count).